The second-order valence-corrected chi connectivity index (χ2v) is 4.58. The number of carbonyl (C=O) groups excluding carboxylic acids is 1. The highest BCUT2D eigenvalue weighted by molar-refractivity contribution is 6.31. The lowest BCUT2D eigenvalue weighted by Gasteiger charge is -2.10. The summed E-state index contributed by atoms with van der Waals surface area (Å²) in [5, 5.41) is 9.27. The molecule has 1 heterocycles. The van der Waals surface area contributed by atoms with E-state index in [0.717, 1.165) is 5.56 Å². The number of halogens is 1. The van der Waals surface area contributed by atoms with Crippen LogP contribution < -0.4 is 4.74 Å². The van der Waals surface area contributed by atoms with Gasteiger partial charge in [-0.2, -0.15) is 5.26 Å². The van der Waals surface area contributed by atoms with Crippen LogP contribution in [-0.4, -0.2) is 10.8 Å². The fourth-order valence-electron chi connectivity index (χ4n) is 1.69. The maximum atomic E-state index is 11.5. The highest BCUT2D eigenvalue weighted by atomic mass is 35.5. The monoisotopic (exact) mass is 286 g/mol. The largest absolute Gasteiger partial charge is 0.488 e. The lowest BCUT2D eigenvalue weighted by atomic mass is 10.1. The molecule has 0 N–H and O–H groups in total. The highest BCUT2D eigenvalue weighted by Gasteiger charge is 2.09. The van der Waals surface area contributed by atoms with E-state index in [0.29, 0.717) is 22.0 Å². The highest BCUT2D eigenvalue weighted by Crippen LogP contribution is 2.24. The van der Waals surface area contributed by atoms with Gasteiger partial charge in [0.1, 0.15) is 24.1 Å². The molecule has 0 aliphatic rings. The second-order valence-electron chi connectivity index (χ2n) is 4.15. The number of nitrogens with zero attached hydrogens (tertiary/aromatic N) is 2. The zero-order valence-electron chi connectivity index (χ0n) is 10.8. The average molecular weight is 287 g/mol. The lowest BCUT2D eigenvalue weighted by Crippen LogP contribution is -2.02. The molecule has 1 aromatic carbocycles. The summed E-state index contributed by atoms with van der Waals surface area (Å²) in [4.78, 5) is 15.4. The van der Waals surface area contributed by atoms with Crippen LogP contribution in [-0.2, 0) is 6.61 Å². The van der Waals surface area contributed by atoms with Crippen molar-refractivity contribution in [1.82, 2.24) is 4.98 Å². The molecule has 0 spiro atoms. The van der Waals surface area contributed by atoms with Crippen LogP contribution in [0.25, 0.3) is 0 Å². The summed E-state index contributed by atoms with van der Waals surface area (Å²) in [6.07, 6.45) is 1.55. The molecule has 100 valence electrons. The smallest absolute Gasteiger partial charge is 0.163 e. The van der Waals surface area contributed by atoms with Crippen molar-refractivity contribution in [2.24, 2.45) is 0 Å². The number of ketones is 1. The third-order valence-corrected chi connectivity index (χ3v) is 2.89. The van der Waals surface area contributed by atoms with Crippen molar-refractivity contribution in [3.05, 3.63) is 58.4 Å². The maximum Gasteiger partial charge on any atom is 0.163 e. The third kappa shape index (κ3) is 3.34. The zero-order valence-corrected chi connectivity index (χ0v) is 11.5. The first-order valence-electron chi connectivity index (χ1n) is 5.88. The van der Waals surface area contributed by atoms with Crippen molar-refractivity contribution in [1.29, 1.82) is 5.26 Å². The number of hydrogen-bond donors (Lipinski definition) is 0. The van der Waals surface area contributed by atoms with Crippen molar-refractivity contribution < 1.29 is 9.53 Å². The number of pyridine rings is 1. The van der Waals surface area contributed by atoms with Gasteiger partial charge in [0.2, 0.25) is 0 Å². The number of benzene rings is 1. The predicted octanol–water partition coefficient (Wildman–Crippen LogP) is 3.39. The summed E-state index contributed by atoms with van der Waals surface area (Å²) in [5.74, 6) is 0.354. The molecule has 4 nitrogen and oxygen atoms in total. The molecule has 0 saturated heterocycles. The molecule has 0 bridgehead atoms. The fourth-order valence-corrected chi connectivity index (χ4v) is 1.86. The third-order valence-electron chi connectivity index (χ3n) is 2.65. The summed E-state index contributed by atoms with van der Waals surface area (Å²) >= 11 is 5.87. The van der Waals surface area contributed by atoms with Crippen molar-refractivity contribution in [2.45, 2.75) is 13.5 Å². The van der Waals surface area contributed by atoms with Gasteiger partial charge in [-0.05, 0) is 42.8 Å². The minimum Gasteiger partial charge on any atom is -0.488 e. The van der Waals surface area contributed by atoms with Crippen LogP contribution in [0.4, 0.5) is 0 Å². The Kier molecular flexibility index (Phi) is 4.34. The normalized spacial score (nSPS) is 9.85. The molecule has 0 aliphatic carbocycles. The minimum atomic E-state index is -0.116. The van der Waals surface area contributed by atoms with Gasteiger partial charge in [0.15, 0.2) is 5.78 Å². The summed E-state index contributed by atoms with van der Waals surface area (Å²) in [6, 6.07) is 10.3. The molecule has 0 fully saturated rings. The molecule has 0 radical (unpaired) electrons. The Hall–Kier alpha value is -2.38. The molecule has 0 unspecified atom stereocenters. The van der Waals surface area contributed by atoms with E-state index in [2.05, 4.69) is 4.98 Å². The van der Waals surface area contributed by atoms with Crippen molar-refractivity contribution in [2.75, 3.05) is 0 Å². The molecule has 0 amide bonds. The lowest BCUT2D eigenvalue weighted by molar-refractivity contribution is 0.101. The maximum absolute atomic E-state index is 11.5. The van der Waals surface area contributed by atoms with Crippen LogP contribution in [0.5, 0.6) is 5.75 Å². The Morgan fingerprint density at radius 3 is 2.90 bits per heavy atom. The van der Waals surface area contributed by atoms with Gasteiger partial charge in [-0.3, -0.25) is 4.79 Å². The summed E-state index contributed by atoms with van der Waals surface area (Å²) in [5.41, 5.74) is 1.57. The van der Waals surface area contributed by atoms with Crippen LogP contribution in [0, 0.1) is 11.3 Å². The fraction of sp³-hybridized carbons (Fsp3) is 0.133. The standard InChI is InChI=1S/C15H11ClN2O2/c1-10(19)14-7-12(16)2-3-15(14)20-9-11-4-5-18-13(6-11)8-17/h2-7H,9H2,1H3. The Bertz CT molecular complexity index is 693. The van der Waals surface area contributed by atoms with E-state index < -0.39 is 0 Å². The van der Waals surface area contributed by atoms with Crippen LogP contribution in [0.15, 0.2) is 36.5 Å². The van der Waals surface area contributed by atoms with E-state index in [1.165, 1.54) is 6.92 Å². The summed E-state index contributed by atoms with van der Waals surface area (Å²) in [6.45, 7) is 1.71. The van der Waals surface area contributed by atoms with Gasteiger partial charge >= 0.3 is 0 Å². The molecule has 0 saturated carbocycles. The number of Topliss-reactive ketones (excluding diaryl/α,β-unsaturated/α-hetero) is 1. The van der Waals surface area contributed by atoms with Gasteiger partial charge in [-0.25, -0.2) is 4.98 Å². The molecule has 5 heteroatoms. The molecular weight excluding hydrogens is 276 g/mol. The minimum absolute atomic E-state index is 0.116. The molecule has 1 aromatic heterocycles. The van der Waals surface area contributed by atoms with Gasteiger partial charge in [0.25, 0.3) is 0 Å². The van der Waals surface area contributed by atoms with E-state index in [4.69, 9.17) is 21.6 Å². The van der Waals surface area contributed by atoms with E-state index in [-0.39, 0.29) is 12.4 Å². The van der Waals surface area contributed by atoms with Crippen LogP contribution in [0.1, 0.15) is 28.5 Å². The number of rotatable bonds is 4. The molecule has 20 heavy (non-hydrogen) atoms. The van der Waals surface area contributed by atoms with E-state index in [9.17, 15) is 4.79 Å². The Balaban J connectivity index is 2.19. The van der Waals surface area contributed by atoms with Crippen LogP contribution in [0.3, 0.4) is 0 Å². The first kappa shape index (κ1) is 14.0. The predicted molar refractivity (Wildman–Crippen MR) is 74.7 cm³/mol. The summed E-state index contributed by atoms with van der Waals surface area (Å²) in [7, 11) is 0. The van der Waals surface area contributed by atoms with Gasteiger partial charge in [0, 0.05) is 11.2 Å². The number of ether oxygens (including phenoxy) is 1. The van der Waals surface area contributed by atoms with Crippen molar-refractivity contribution in [3.63, 3.8) is 0 Å². The SMILES string of the molecule is CC(=O)c1cc(Cl)ccc1OCc1ccnc(C#N)c1. The van der Waals surface area contributed by atoms with E-state index >= 15 is 0 Å². The molecule has 2 aromatic rings. The Morgan fingerprint density at radius 2 is 2.20 bits per heavy atom. The zero-order chi connectivity index (χ0) is 14.5. The molecular formula is C15H11ClN2O2. The summed E-state index contributed by atoms with van der Waals surface area (Å²) < 4.78 is 5.62. The van der Waals surface area contributed by atoms with Gasteiger partial charge in [-0.1, -0.05) is 11.6 Å². The average Bonchev–Trinajstić information content (AvgIpc) is 2.46. The quantitative estimate of drug-likeness (QED) is 0.808. The topological polar surface area (TPSA) is 63.0 Å². The van der Waals surface area contributed by atoms with Crippen molar-refractivity contribution in [3.8, 4) is 11.8 Å². The molecule has 2 rings (SSSR count). The van der Waals surface area contributed by atoms with E-state index in [1.807, 2.05) is 6.07 Å². The number of hydrogen-bond acceptors (Lipinski definition) is 4. The molecule has 0 aliphatic heterocycles. The van der Waals surface area contributed by atoms with Gasteiger partial charge < -0.3 is 4.74 Å². The number of carbonyl (C=O) groups is 1. The molecule has 0 atom stereocenters. The van der Waals surface area contributed by atoms with Crippen LogP contribution >= 0.6 is 11.6 Å². The first-order valence-corrected chi connectivity index (χ1v) is 6.26. The van der Waals surface area contributed by atoms with Crippen molar-refractivity contribution >= 4 is 17.4 Å². The first-order chi connectivity index (χ1) is 9.60. The number of nitriles is 1. The van der Waals surface area contributed by atoms with Crippen LogP contribution in [0.2, 0.25) is 5.02 Å². The Morgan fingerprint density at radius 1 is 1.40 bits per heavy atom. The number of aromatic nitrogens is 1. The van der Waals surface area contributed by atoms with E-state index in [1.54, 1.807) is 36.5 Å². The van der Waals surface area contributed by atoms with Gasteiger partial charge in [0.05, 0.1) is 5.56 Å². The van der Waals surface area contributed by atoms with Gasteiger partial charge in [-0.15, -0.1) is 0 Å². The second kappa shape index (κ2) is 6.18. The Labute approximate surface area is 121 Å².